The Morgan fingerprint density at radius 3 is 2.52 bits per heavy atom. The minimum atomic E-state index is -0.329. The summed E-state index contributed by atoms with van der Waals surface area (Å²) in [6.07, 6.45) is 1.55. The first-order chi connectivity index (χ1) is 11.1. The molecule has 1 aromatic heterocycles. The Kier molecular flexibility index (Phi) is 4.52. The molecule has 0 bridgehead atoms. The van der Waals surface area contributed by atoms with Crippen LogP contribution in [-0.2, 0) is 0 Å². The van der Waals surface area contributed by atoms with Crippen LogP contribution in [0.1, 0.15) is 10.5 Å². The number of carbonyl (C=O) groups is 1. The molecule has 0 unspecified atom stereocenters. The number of amides is 1. The lowest BCUT2D eigenvalue weighted by Gasteiger charge is -2.32. The summed E-state index contributed by atoms with van der Waals surface area (Å²) in [4.78, 5) is 20.6. The van der Waals surface area contributed by atoms with Crippen LogP contribution in [-0.4, -0.2) is 53.9 Å². The zero-order valence-corrected chi connectivity index (χ0v) is 13.0. The summed E-state index contributed by atoms with van der Waals surface area (Å²) in [6.45, 7) is 3.18. The van der Waals surface area contributed by atoms with Crippen molar-refractivity contribution in [1.82, 2.24) is 14.8 Å². The van der Waals surface area contributed by atoms with E-state index in [-0.39, 0.29) is 11.7 Å². The first-order valence-corrected chi connectivity index (χ1v) is 7.59. The van der Waals surface area contributed by atoms with Crippen molar-refractivity contribution in [3.63, 3.8) is 0 Å². The van der Waals surface area contributed by atoms with Crippen molar-refractivity contribution >= 4 is 17.3 Å². The molecule has 0 aliphatic carbocycles. The van der Waals surface area contributed by atoms with E-state index in [1.807, 2.05) is 11.9 Å². The van der Waals surface area contributed by atoms with Crippen molar-refractivity contribution in [3.05, 3.63) is 54.1 Å². The molecule has 0 atom stereocenters. The van der Waals surface area contributed by atoms with Crippen molar-refractivity contribution in [2.45, 2.75) is 0 Å². The standard InChI is InChI=1S/C17H19FN4O/c1-21-8-10-22(11-9-21)17(23)16-7-6-13(12-19-16)20-15-5-3-2-4-14(15)18/h2-7,12,20H,8-11H2,1H3. The van der Waals surface area contributed by atoms with Crippen LogP contribution >= 0.6 is 0 Å². The smallest absolute Gasteiger partial charge is 0.272 e. The van der Waals surface area contributed by atoms with Gasteiger partial charge in [-0.05, 0) is 31.3 Å². The molecule has 1 N–H and O–H groups in total. The van der Waals surface area contributed by atoms with Crippen molar-refractivity contribution in [2.24, 2.45) is 0 Å². The van der Waals surface area contributed by atoms with Gasteiger partial charge in [0.05, 0.1) is 17.6 Å². The second-order valence-electron chi connectivity index (χ2n) is 5.63. The van der Waals surface area contributed by atoms with Crippen molar-refractivity contribution < 1.29 is 9.18 Å². The van der Waals surface area contributed by atoms with Gasteiger partial charge < -0.3 is 15.1 Å². The molecule has 3 rings (SSSR count). The van der Waals surface area contributed by atoms with E-state index in [4.69, 9.17) is 0 Å². The van der Waals surface area contributed by atoms with Crippen molar-refractivity contribution in [2.75, 3.05) is 38.5 Å². The highest BCUT2D eigenvalue weighted by Crippen LogP contribution is 2.19. The van der Waals surface area contributed by atoms with E-state index in [9.17, 15) is 9.18 Å². The Morgan fingerprint density at radius 1 is 1.13 bits per heavy atom. The van der Waals surface area contributed by atoms with Crippen molar-refractivity contribution in [3.8, 4) is 0 Å². The molecule has 5 nitrogen and oxygen atoms in total. The van der Waals surface area contributed by atoms with Gasteiger partial charge in [0.1, 0.15) is 11.5 Å². The van der Waals surface area contributed by atoms with E-state index in [1.165, 1.54) is 6.07 Å². The number of aromatic nitrogens is 1. The monoisotopic (exact) mass is 314 g/mol. The number of hydrogen-bond donors (Lipinski definition) is 1. The van der Waals surface area contributed by atoms with E-state index in [2.05, 4.69) is 15.2 Å². The summed E-state index contributed by atoms with van der Waals surface area (Å²) >= 11 is 0. The first-order valence-electron chi connectivity index (χ1n) is 7.59. The number of carbonyl (C=O) groups excluding carboxylic acids is 1. The Bertz CT molecular complexity index is 681. The highest BCUT2D eigenvalue weighted by molar-refractivity contribution is 5.92. The van der Waals surface area contributed by atoms with Crippen LogP contribution in [0, 0.1) is 5.82 Å². The van der Waals surface area contributed by atoms with Crippen LogP contribution < -0.4 is 5.32 Å². The normalized spacial score (nSPS) is 15.5. The maximum atomic E-state index is 13.6. The summed E-state index contributed by atoms with van der Waals surface area (Å²) in [7, 11) is 2.04. The van der Waals surface area contributed by atoms with Crippen LogP contribution in [0.5, 0.6) is 0 Å². The van der Waals surface area contributed by atoms with E-state index in [0.29, 0.717) is 30.2 Å². The number of halogens is 1. The highest BCUT2D eigenvalue weighted by Gasteiger charge is 2.21. The molecule has 1 amide bonds. The molecule has 0 spiro atoms. The lowest BCUT2D eigenvalue weighted by atomic mass is 10.2. The predicted molar refractivity (Wildman–Crippen MR) is 87.3 cm³/mol. The third-order valence-electron chi connectivity index (χ3n) is 3.93. The van der Waals surface area contributed by atoms with E-state index in [1.54, 1.807) is 36.5 Å². The summed E-state index contributed by atoms with van der Waals surface area (Å²) in [5.41, 5.74) is 1.44. The molecule has 23 heavy (non-hydrogen) atoms. The number of rotatable bonds is 3. The van der Waals surface area contributed by atoms with Gasteiger partial charge in [-0.3, -0.25) is 4.79 Å². The van der Waals surface area contributed by atoms with Gasteiger partial charge in [-0.15, -0.1) is 0 Å². The number of pyridine rings is 1. The second-order valence-corrected chi connectivity index (χ2v) is 5.63. The predicted octanol–water partition coefficient (Wildman–Crippen LogP) is 2.35. The third-order valence-corrected chi connectivity index (χ3v) is 3.93. The zero-order chi connectivity index (χ0) is 16.2. The van der Waals surface area contributed by atoms with Crippen LogP contribution in [0.4, 0.5) is 15.8 Å². The topological polar surface area (TPSA) is 48.5 Å². The van der Waals surface area contributed by atoms with Gasteiger partial charge in [0.25, 0.3) is 5.91 Å². The molecule has 0 saturated carbocycles. The Morgan fingerprint density at radius 2 is 1.87 bits per heavy atom. The molecule has 2 aromatic rings. The van der Waals surface area contributed by atoms with Gasteiger partial charge in [-0.1, -0.05) is 12.1 Å². The molecular weight excluding hydrogens is 295 g/mol. The number of hydrogen-bond acceptors (Lipinski definition) is 4. The summed E-state index contributed by atoms with van der Waals surface area (Å²) in [6, 6.07) is 9.84. The number of nitrogens with zero attached hydrogens (tertiary/aromatic N) is 3. The van der Waals surface area contributed by atoms with Gasteiger partial charge in [-0.2, -0.15) is 0 Å². The summed E-state index contributed by atoms with van der Waals surface area (Å²) in [5, 5.41) is 2.95. The van der Waals surface area contributed by atoms with E-state index in [0.717, 1.165) is 13.1 Å². The van der Waals surface area contributed by atoms with Crippen molar-refractivity contribution in [1.29, 1.82) is 0 Å². The molecule has 2 heterocycles. The maximum absolute atomic E-state index is 13.6. The van der Waals surface area contributed by atoms with Gasteiger partial charge in [0.15, 0.2) is 0 Å². The molecule has 1 fully saturated rings. The van der Waals surface area contributed by atoms with Gasteiger partial charge in [0, 0.05) is 26.2 Å². The minimum absolute atomic E-state index is 0.0597. The van der Waals surface area contributed by atoms with Crippen LogP contribution in [0.3, 0.4) is 0 Å². The first kappa shape index (κ1) is 15.4. The highest BCUT2D eigenvalue weighted by atomic mass is 19.1. The minimum Gasteiger partial charge on any atom is -0.352 e. The molecule has 6 heteroatoms. The summed E-state index contributed by atoms with van der Waals surface area (Å²) < 4.78 is 13.6. The largest absolute Gasteiger partial charge is 0.352 e. The molecule has 1 aliphatic heterocycles. The number of piperazine rings is 1. The quantitative estimate of drug-likeness (QED) is 0.945. The lowest BCUT2D eigenvalue weighted by Crippen LogP contribution is -2.47. The van der Waals surface area contributed by atoms with Gasteiger partial charge >= 0.3 is 0 Å². The lowest BCUT2D eigenvalue weighted by molar-refractivity contribution is 0.0658. The zero-order valence-electron chi connectivity index (χ0n) is 13.0. The molecular formula is C17H19FN4O. The number of nitrogens with one attached hydrogen (secondary N) is 1. The fraction of sp³-hybridized carbons (Fsp3) is 0.294. The Labute approximate surface area is 134 Å². The fourth-order valence-corrected chi connectivity index (χ4v) is 2.48. The van der Waals surface area contributed by atoms with Crippen LogP contribution in [0.15, 0.2) is 42.6 Å². The fourth-order valence-electron chi connectivity index (χ4n) is 2.48. The Balaban J connectivity index is 1.67. The number of likely N-dealkylation sites (N-methyl/N-ethyl adjacent to an activating group) is 1. The number of para-hydroxylation sites is 1. The van der Waals surface area contributed by atoms with Crippen LogP contribution in [0.25, 0.3) is 0 Å². The van der Waals surface area contributed by atoms with Gasteiger partial charge in [-0.25, -0.2) is 9.37 Å². The van der Waals surface area contributed by atoms with E-state index >= 15 is 0 Å². The summed E-state index contributed by atoms with van der Waals surface area (Å²) in [5.74, 6) is -0.388. The number of benzene rings is 1. The maximum Gasteiger partial charge on any atom is 0.272 e. The average molecular weight is 314 g/mol. The van der Waals surface area contributed by atoms with E-state index < -0.39 is 0 Å². The Hall–Kier alpha value is -2.47. The average Bonchev–Trinajstić information content (AvgIpc) is 2.58. The molecule has 0 radical (unpaired) electrons. The third kappa shape index (κ3) is 3.65. The second kappa shape index (κ2) is 6.75. The molecule has 1 saturated heterocycles. The molecule has 1 aromatic carbocycles. The number of anilines is 2. The molecule has 120 valence electrons. The van der Waals surface area contributed by atoms with Gasteiger partial charge in [0.2, 0.25) is 0 Å². The SMILES string of the molecule is CN1CCN(C(=O)c2ccc(Nc3ccccc3F)cn2)CC1. The molecule has 1 aliphatic rings. The van der Waals surface area contributed by atoms with Crippen LogP contribution in [0.2, 0.25) is 0 Å².